The second-order valence-corrected chi connectivity index (χ2v) is 8.19. The number of rotatable bonds is 9. The van der Waals surface area contributed by atoms with E-state index in [9.17, 15) is 14.7 Å². The van der Waals surface area contributed by atoms with Crippen molar-refractivity contribution in [2.24, 2.45) is 0 Å². The van der Waals surface area contributed by atoms with Crippen molar-refractivity contribution in [3.8, 4) is 11.5 Å². The van der Waals surface area contributed by atoms with E-state index >= 15 is 0 Å². The average Bonchev–Trinajstić information content (AvgIpc) is 3.35. The monoisotopic (exact) mass is 430 g/mol. The molecule has 0 fully saturated rings. The normalized spacial score (nSPS) is 16.5. The van der Waals surface area contributed by atoms with Crippen LogP contribution in [0.2, 0.25) is 0 Å². The second-order valence-electron chi connectivity index (χ2n) is 7.24. The first-order valence-corrected chi connectivity index (χ1v) is 10.5. The van der Waals surface area contributed by atoms with Crippen molar-refractivity contribution in [3.05, 3.63) is 57.5 Å². The summed E-state index contributed by atoms with van der Waals surface area (Å²) in [7, 11) is 6.99. The number of hydrogen-bond donors (Lipinski definition) is 1. The molecule has 2 heterocycles. The van der Waals surface area contributed by atoms with Crippen molar-refractivity contribution in [1.29, 1.82) is 0 Å². The Balaban J connectivity index is 2.05. The minimum atomic E-state index is -0.700. The van der Waals surface area contributed by atoms with Gasteiger partial charge >= 0.3 is 0 Å². The van der Waals surface area contributed by atoms with E-state index in [4.69, 9.17) is 9.47 Å². The maximum atomic E-state index is 13.2. The number of nitrogens with zero attached hydrogens (tertiary/aromatic N) is 2. The van der Waals surface area contributed by atoms with Gasteiger partial charge in [0.05, 0.1) is 30.7 Å². The lowest BCUT2D eigenvalue weighted by atomic mass is 9.95. The lowest BCUT2D eigenvalue weighted by Crippen LogP contribution is -2.33. The molecule has 1 atom stereocenters. The van der Waals surface area contributed by atoms with Gasteiger partial charge in [-0.2, -0.15) is 0 Å². The molecule has 7 nitrogen and oxygen atoms in total. The highest BCUT2D eigenvalue weighted by Gasteiger charge is 2.44. The van der Waals surface area contributed by atoms with Gasteiger partial charge in [0, 0.05) is 6.54 Å². The van der Waals surface area contributed by atoms with Crippen LogP contribution in [-0.2, 0) is 4.79 Å². The molecule has 1 N–H and O–H groups in total. The number of aliphatic hydroxyl groups excluding tert-OH is 1. The summed E-state index contributed by atoms with van der Waals surface area (Å²) >= 11 is 1.28. The summed E-state index contributed by atoms with van der Waals surface area (Å²) in [6.45, 7) is 1.18. The molecule has 30 heavy (non-hydrogen) atoms. The van der Waals surface area contributed by atoms with E-state index in [1.807, 2.05) is 19.0 Å². The number of aliphatic hydroxyl groups is 1. The Hall–Kier alpha value is -2.84. The Morgan fingerprint density at radius 3 is 2.53 bits per heavy atom. The molecule has 0 saturated carbocycles. The van der Waals surface area contributed by atoms with Crippen molar-refractivity contribution in [1.82, 2.24) is 9.80 Å². The van der Waals surface area contributed by atoms with E-state index in [2.05, 4.69) is 0 Å². The molecule has 1 aliphatic heterocycles. The van der Waals surface area contributed by atoms with E-state index in [-0.39, 0.29) is 11.4 Å². The van der Waals surface area contributed by atoms with Gasteiger partial charge in [-0.05, 0) is 56.2 Å². The van der Waals surface area contributed by atoms with Crippen LogP contribution in [0.1, 0.15) is 27.7 Å². The minimum Gasteiger partial charge on any atom is -0.503 e. The number of thiophene rings is 1. The predicted molar refractivity (Wildman–Crippen MR) is 115 cm³/mol. The van der Waals surface area contributed by atoms with E-state index < -0.39 is 17.7 Å². The summed E-state index contributed by atoms with van der Waals surface area (Å²) in [4.78, 5) is 30.2. The smallest absolute Gasteiger partial charge is 0.290 e. The average molecular weight is 431 g/mol. The maximum absolute atomic E-state index is 13.2. The van der Waals surface area contributed by atoms with Crippen LogP contribution in [0, 0.1) is 0 Å². The summed E-state index contributed by atoms with van der Waals surface area (Å²) in [5.74, 6) is -0.328. The Bertz CT molecular complexity index is 952. The molecule has 160 valence electrons. The van der Waals surface area contributed by atoms with Crippen LogP contribution in [0.3, 0.4) is 0 Å². The van der Waals surface area contributed by atoms with Gasteiger partial charge in [0.15, 0.2) is 17.3 Å². The zero-order valence-electron chi connectivity index (χ0n) is 17.5. The number of hydrogen-bond acceptors (Lipinski definition) is 7. The zero-order valence-corrected chi connectivity index (χ0v) is 18.4. The van der Waals surface area contributed by atoms with Gasteiger partial charge in [-0.3, -0.25) is 9.59 Å². The standard InChI is InChI=1S/C22H26N2O5S/c1-23(2)10-6-11-24-19(14-8-9-15(28-3)16(13-14)29-4)18(21(26)22(24)27)20(25)17-7-5-12-30-17/h5,7-9,12-13,19,26H,6,10-11H2,1-4H3/t19-/m1/s1. The second kappa shape index (κ2) is 9.32. The fourth-order valence-corrected chi connectivity index (χ4v) is 4.26. The van der Waals surface area contributed by atoms with Gasteiger partial charge in [0.1, 0.15) is 0 Å². The number of carbonyl (C=O) groups excluding carboxylic acids is 2. The molecule has 1 aliphatic rings. The van der Waals surface area contributed by atoms with Crippen LogP contribution in [0.5, 0.6) is 11.5 Å². The summed E-state index contributed by atoms with van der Waals surface area (Å²) in [6, 6.07) is 8.03. The van der Waals surface area contributed by atoms with Gasteiger partial charge < -0.3 is 24.4 Å². The highest BCUT2D eigenvalue weighted by Crippen LogP contribution is 2.42. The molecule has 1 amide bonds. The number of methoxy groups -OCH3 is 2. The van der Waals surface area contributed by atoms with Crippen molar-refractivity contribution in [2.45, 2.75) is 12.5 Å². The quantitative estimate of drug-likeness (QED) is 0.615. The number of carbonyl (C=O) groups is 2. The molecular weight excluding hydrogens is 404 g/mol. The molecule has 1 aromatic heterocycles. The van der Waals surface area contributed by atoms with E-state index in [0.717, 1.165) is 6.54 Å². The molecule has 2 aromatic rings. The molecule has 0 spiro atoms. The fourth-order valence-electron chi connectivity index (χ4n) is 3.58. The SMILES string of the molecule is COc1ccc([C@@H]2C(C(=O)c3cccs3)=C(O)C(=O)N2CCCN(C)C)cc1OC. The largest absolute Gasteiger partial charge is 0.503 e. The van der Waals surface area contributed by atoms with E-state index in [0.29, 0.717) is 34.9 Å². The highest BCUT2D eigenvalue weighted by atomic mass is 32.1. The fraction of sp³-hybridized carbons (Fsp3) is 0.364. The highest BCUT2D eigenvalue weighted by molar-refractivity contribution is 7.12. The third-order valence-electron chi connectivity index (χ3n) is 5.02. The van der Waals surface area contributed by atoms with Crippen molar-refractivity contribution >= 4 is 23.0 Å². The van der Waals surface area contributed by atoms with Gasteiger partial charge in [0.2, 0.25) is 5.78 Å². The Morgan fingerprint density at radius 2 is 1.93 bits per heavy atom. The molecule has 1 aromatic carbocycles. The predicted octanol–water partition coefficient (Wildman–Crippen LogP) is 3.30. The minimum absolute atomic E-state index is 0.0968. The number of Topliss-reactive ketones (excluding diaryl/α,β-unsaturated/α-hetero) is 1. The summed E-state index contributed by atoms with van der Waals surface area (Å²) in [5, 5.41) is 12.5. The van der Waals surface area contributed by atoms with Crippen molar-refractivity contribution < 1.29 is 24.2 Å². The first-order chi connectivity index (χ1) is 14.4. The summed E-state index contributed by atoms with van der Waals surface area (Å²) < 4.78 is 10.7. The van der Waals surface area contributed by atoms with Crippen LogP contribution < -0.4 is 9.47 Å². The number of amides is 1. The van der Waals surface area contributed by atoms with Gasteiger partial charge in [0.25, 0.3) is 5.91 Å². The van der Waals surface area contributed by atoms with E-state index in [1.54, 1.807) is 47.7 Å². The molecule has 0 unspecified atom stereocenters. The lowest BCUT2D eigenvalue weighted by molar-refractivity contribution is -0.129. The Morgan fingerprint density at radius 1 is 1.20 bits per heavy atom. The summed E-state index contributed by atoms with van der Waals surface area (Å²) in [5.41, 5.74) is 0.773. The van der Waals surface area contributed by atoms with Crippen LogP contribution in [0.4, 0.5) is 0 Å². The van der Waals surface area contributed by atoms with Crippen molar-refractivity contribution in [3.63, 3.8) is 0 Å². The lowest BCUT2D eigenvalue weighted by Gasteiger charge is -2.27. The van der Waals surface area contributed by atoms with Crippen molar-refractivity contribution in [2.75, 3.05) is 41.4 Å². The first-order valence-electron chi connectivity index (χ1n) is 9.58. The van der Waals surface area contributed by atoms with Crippen LogP contribution in [0.15, 0.2) is 47.0 Å². The molecule has 0 aliphatic carbocycles. The van der Waals surface area contributed by atoms with E-state index in [1.165, 1.54) is 18.4 Å². The number of ketones is 1. The molecule has 0 radical (unpaired) electrons. The molecule has 0 saturated heterocycles. The molecule has 3 rings (SSSR count). The zero-order chi connectivity index (χ0) is 21.8. The molecular formula is C22H26N2O5S. The first kappa shape index (κ1) is 21.9. The van der Waals surface area contributed by atoms with Gasteiger partial charge in [-0.15, -0.1) is 11.3 Å². The third-order valence-corrected chi connectivity index (χ3v) is 5.89. The Kier molecular flexibility index (Phi) is 6.79. The Labute approximate surface area is 180 Å². The van der Waals surface area contributed by atoms with Gasteiger partial charge in [-0.25, -0.2) is 0 Å². The maximum Gasteiger partial charge on any atom is 0.290 e. The third kappa shape index (κ3) is 4.20. The summed E-state index contributed by atoms with van der Waals surface area (Å²) in [6.07, 6.45) is 0.705. The van der Waals surface area contributed by atoms with Gasteiger partial charge in [-0.1, -0.05) is 12.1 Å². The molecule has 0 bridgehead atoms. The topological polar surface area (TPSA) is 79.3 Å². The van der Waals surface area contributed by atoms with Crippen LogP contribution >= 0.6 is 11.3 Å². The molecule has 8 heteroatoms. The number of ether oxygens (including phenoxy) is 2. The number of benzene rings is 1. The van der Waals surface area contributed by atoms with Crippen LogP contribution in [0.25, 0.3) is 0 Å². The van der Waals surface area contributed by atoms with Crippen LogP contribution in [-0.4, -0.2) is 68.0 Å².